The van der Waals surface area contributed by atoms with Crippen molar-refractivity contribution in [3.05, 3.63) is 28.2 Å². The number of ether oxygens (including phenoxy) is 1. The Morgan fingerprint density at radius 1 is 1.61 bits per heavy atom. The number of benzene rings is 1. The minimum atomic E-state index is -0.244. The van der Waals surface area contributed by atoms with Gasteiger partial charge in [0.25, 0.3) is 0 Å². The van der Waals surface area contributed by atoms with Crippen molar-refractivity contribution >= 4 is 27.6 Å². The highest BCUT2D eigenvalue weighted by molar-refractivity contribution is 9.10. The number of anilines is 1. The summed E-state index contributed by atoms with van der Waals surface area (Å²) >= 11 is 3.35. The van der Waals surface area contributed by atoms with Crippen molar-refractivity contribution in [1.29, 1.82) is 5.26 Å². The van der Waals surface area contributed by atoms with E-state index in [1.165, 1.54) is 0 Å². The van der Waals surface area contributed by atoms with Gasteiger partial charge in [-0.15, -0.1) is 0 Å². The van der Waals surface area contributed by atoms with E-state index in [0.29, 0.717) is 17.9 Å². The van der Waals surface area contributed by atoms with E-state index < -0.39 is 0 Å². The van der Waals surface area contributed by atoms with Gasteiger partial charge in [-0.1, -0.05) is 15.9 Å². The summed E-state index contributed by atoms with van der Waals surface area (Å²) in [7, 11) is 0. The van der Waals surface area contributed by atoms with Crippen LogP contribution >= 0.6 is 15.9 Å². The molecule has 0 radical (unpaired) electrons. The molecule has 0 aliphatic carbocycles. The zero-order valence-electron chi connectivity index (χ0n) is 10.4. The van der Waals surface area contributed by atoms with Gasteiger partial charge in [0, 0.05) is 10.5 Å². The second-order valence-corrected chi connectivity index (χ2v) is 4.77. The Morgan fingerprint density at radius 2 is 2.33 bits per heavy atom. The largest absolute Gasteiger partial charge is 0.466 e. The van der Waals surface area contributed by atoms with Crippen molar-refractivity contribution in [3.8, 4) is 6.07 Å². The van der Waals surface area contributed by atoms with Crippen molar-refractivity contribution < 1.29 is 9.53 Å². The lowest BCUT2D eigenvalue weighted by molar-refractivity contribution is -0.143. The van der Waals surface area contributed by atoms with Crippen LogP contribution in [0.25, 0.3) is 0 Å². The molecule has 4 nitrogen and oxygen atoms in total. The first-order chi connectivity index (χ1) is 8.56. The minimum absolute atomic E-state index is 0.0922. The zero-order valence-corrected chi connectivity index (χ0v) is 12.0. The van der Waals surface area contributed by atoms with Gasteiger partial charge in [-0.2, -0.15) is 5.26 Å². The molecule has 0 amide bonds. The highest BCUT2D eigenvalue weighted by atomic mass is 79.9. The van der Waals surface area contributed by atoms with Gasteiger partial charge in [0.15, 0.2) is 0 Å². The smallest absolute Gasteiger partial charge is 0.307 e. The molecule has 1 N–H and O–H groups in total. The van der Waals surface area contributed by atoms with Crippen LogP contribution < -0.4 is 5.32 Å². The summed E-state index contributed by atoms with van der Waals surface area (Å²) in [6.07, 6.45) is 0.269. The normalized spacial score (nSPS) is 11.4. The average Bonchev–Trinajstić information content (AvgIpc) is 2.29. The number of carbonyl (C=O) groups is 1. The van der Waals surface area contributed by atoms with Crippen LogP contribution in [0.5, 0.6) is 0 Å². The summed E-state index contributed by atoms with van der Waals surface area (Å²) in [4.78, 5) is 11.3. The Morgan fingerprint density at radius 3 is 2.94 bits per heavy atom. The van der Waals surface area contributed by atoms with Crippen molar-refractivity contribution in [2.45, 2.75) is 26.3 Å². The number of esters is 1. The molecule has 5 heteroatoms. The highest BCUT2D eigenvalue weighted by Gasteiger charge is 2.11. The van der Waals surface area contributed by atoms with Crippen LogP contribution in [0, 0.1) is 11.3 Å². The van der Waals surface area contributed by atoms with Gasteiger partial charge in [0.05, 0.1) is 24.3 Å². The maximum absolute atomic E-state index is 11.3. The van der Waals surface area contributed by atoms with Crippen LogP contribution in [0.4, 0.5) is 5.69 Å². The van der Waals surface area contributed by atoms with Gasteiger partial charge in [0.1, 0.15) is 6.07 Å². The molecule has 0 heterocycles. The summed E-state index contributed by atoms with van der Waals surface area (Å²) < 4.78 is 5.76. The van der Waals surface area contributed by atoms with Crippen LogP contribution in [-0.4, -0.2) is 18.6 Å². The number of hydrogen-bond donors (Lipinski definition) is 1. The molecule has 1 unspecified atom stereocenters. The predicted molar refractivity (Wildman–Crippen MR) is 73.2 cm³/mol. The van der Waals surface area contributed by atoms with Crippen molar-refractivity contribution in [1.82, 2.24) is 0 Å². The van der Waals surface area contributed by atoms with Gasteiger partial charge in [-0.25, -0.2) is 0 Å². The number of hydrogen-bond acceptors (Lipinski definition) is 4. The molecule has 1 rings (SSSR count). The standard InChI is InChI=1S/C13H15BrN2O2/c1-3-18-13(17)6-9(2)16-12-7-11(14)5-4-10(12)8-15/h4-5,7,9,16H,3,6H2,1-2H3. The molecular weight excluding hydrogens is 296 g/mol. The number of nitrogens with zero attached hydrogens (tertiary/aromatic N) is 1. The molecule has 0 aliphatic heterocycles. The molecule has 1 aromatic rings. The number of rotatable bonds is 5. The summed E-state index contributed by atoms with van der Waals surface area (Å²) in [5, 5.41) is 12.1. The zero-order chi connectivity index (χ0) is 13.5. The first-order valence-corrected chi connectivity index (χ1v) is 6.48. The second kappa shape index (κ2) is 7.02. The summed E-state index contributed by atoms with van der Waals surface area (Å²) in [6.45, 7) is 4.03. The van der Waals surface area contributed by atoms with Crippen molar-refractivity contribution in [2.75, 3.05) is 11.9 Å². The third-order valence-electron chi connectivity index (χ3n) is 2.28. The highest BCUT2D eigenvalue weighted by Crippen LogP contribution is 2.22. The number of nitrogens with one attached hydrogen (secondary N) is 1. The van der Waals surface area contributed by atoms with E-state index in [9.17, 15) is 4.79 Å². The fraction of sp³-hybridized carbons (Fsp3) is 0.385. The van der Waals surface area contributed by atoms with Crippen LogP contribution in [0.3, 0.4) is 0 Å². The second-order valence-electron chi connectivity index (χ2n) is 3.86. The molecule has 0 aromatic heterocycles. The monoisotopic (exact) mass is 310 g/mol. The lowest BCUT2D eigenvalue weighted by atomic mass is 10.1. The molecule has 0 saturated carbocycles. The summed E-state index contributed by atoms with van der Waals surface area (Å²) in [5.74, 6) is -0.244. The van der Waals surface area contributed by atoms with Crippen molar-refractivity contribution in [3.63, 3.8) is 0 Å². The third-order valence-corrected chi connectivity index (χ3v) is 2.78. The summed E-state index contributed by atoms with van der Waals surface area (Å²) in [5.41, 5.74) is 1.26. The van der Waals surface area contributed by atoms with Gasteiger partial charge >= 0.3 is 5.97 Å². The maximum atomic E-state index is 11.3. The van der Waals surface area contributed by atoms with Crippen LogP contribution in [0.15, 0.2) is 22.7 Å². The number of halogens is 1. The Hall–Kier alpha value is -1.54. The first kappa shape index (κ1) is 14.5. The SMILES string of the molecule is CCOC(=O)CC(C)Nc1cc(Br)ccc1C#N. The topological polar surface area (TPSA) is 62.1 Å². The van der Waals surface area contributed by atoms with Crippen LogP contribution in [-0.2, 0) is 9.53 Å². The van der Waals surface area contributed by atoms with E-state index in [0.717, 1.165) is 4.47 Å². The Balaban J connectivity index is 2.69. The van der Waals surface area contributed by atoms with Crippen LogP contribution in [0.2, 0.25) is 0 Å². The predicted octanol–water partition coefficient (Wildman–Crippen LogP) is 3.07. The van der Waals surface area contributed by atoms with E-state index in [2.05, 4.69) is 27.3 Å². The molecule has 0 spiro atoms. The molecule has 0 saturated heterocycles. The van der Waals surface area contributed by atoms with Gasteiger partial charge in [-0.05, 0) is 32.0 Å². The molecule has 0 fully saturated rings. The molecule has 0 bridgehead atoms. The van der Waals surface area contributed by atoms with E-state index in [1.54, 1.807) is 19.1 Å². The fourth-order valence-corrected chi connectivity index (χ4v) is 1.88. The number of carbonyl (C=O) groups excluding carboxylic acids is 1. The van der Waals surface area contributed by atoms with Crippen LogP contribution in [0.1, 0.15) is 25.8 Å². The Kier molecular flexibility index (Phi) is 5.66. The average molecular weight is 311 g/mol. The molecule has 0 aliphatic rings. The minimum Gasteiger partial charge on any atom is -0.466 e. The van der Waals surface area contributed by atoms with E-state index >= 15 is 0 Å². The Bertz CT molecular complexity index is 469. The molecule has 1 atom stereocenters. The quantitative estimate of drug-likeness (QED) is 0.849. The van der Waals surface area contributed by atoms with Crippen molar-refractivity contribution in [2.24, 2.45) is 0 Å². The molecular formula is C13H15BrN2O2. The lowest BCUT2D eigenvalue weighted by Gasteiger charge is -2.15. The first-order valence-electron chi connectivity index (χ1n) is 5.68. The third kappa shape index (κ3) is 4.38. The Labute approximate surface area is 115 Å². The fourth-order valence-electron chi connectivity index (χ4n) is 1.52. The number of nitriles is 1. The van der Waals surface area contributed by atoms with E-state index in [-0.39, 0.29) is 18.4 Å². The van der Waals surface area contributed by atoms with Gasteiger partial charge in [-0.3, -0.25) is 4.79 Å². The van der Waals surface area contributed by atoms with Gasteiger partial charge in [0.2, 0.25) is 0 Å². The van der Waals surface area contributed by atoms with E-state index in [1.807, 2.05) is 13.0 Å². The lowest BCUT2D eigenvalue weighted by Crippen LogP contribution is -2.21. The molecule has 96 valence electrons. The van der Waals surface area contributed by atoms with E-state index in [4.69, 9.17) is 10.00 Å². The molecule has 18 heavy (non-hydrogen) atoms. The van der Waals surface area contributed by atoms with Gasteiger partial charge < -0.3 is 10.1 Å². The maximum Gasteiger partial charge on any atom is 0.307 e. The summed E-state index contributed by atoms with van der Waals surface area (Å²) in [6, 6.07) is 7.37. The molecule has 1 aromatic carbocycles.